The first-order chi connectivity index (χ1) is 14.9. The number of pyridine rings is 2. The molecule has 31 heavy (non-hydrogen) atoms. The maximum Gasteiger partial charge on any atom is 0.272 e. The van der Waals surface area contributed by atoms with E-state index in [0.717, 1.165) is 17.5 Å². The van der Waals surface area contributed by atoms with E-state index in [9.17, 15) is 18.8 Å². The Morgan fingerprint density at radius 1 is 1.29 bits per heavy atom. The maximum atomic E-state index is 13.1. The number of carbonyl (C=O) groups excluding carboxylic acids is 2. The van der Waals surface area contributed by atoms with Gasteiger partial charge in [0.1, 0.15) is 22.8 Å². The molecule has 2 amide bonds. The molecular formula is C22H21FN4O4. The molecule has 0 spiro atoms. The van der Waals surface area contributed by atoms with Gasteiger partial charge in [-0.25, -0.2) is 9.37 Å². The Balaban J connectivity index is 1.53. The SMILES string of the molecule is Cn1cc2c(c(C(=O)NCCc3ccco3)c1=O)CCN(C(=O)c1ccc(F)cn1)C2. The van der Waals surface area contributed by atoms with Crippen molar-refractivity contribution >= 4 is 11.8 Å². The van der Waals surface area contributed by atoms with Crippen LogP contribution in [0.25, 0.3) is 0 Å². The minimum Gasteiger partial charge on any atom is -0.469 e. The largest absolute Gasteiger partial charge is 0.469 e. The second-order valence-corrected chi connectivity index (χ2v) is 7.35. The number of hydrogen-bond acceptors (Lipinski definition) is 5. The summed E-state index contributed by atoms with van der Waals surface area (Å²) < 4.78 is 19.7. The van der Waals surface area contributed by atoms with Gasteiger partial charge in [-0.05, 0) is 41.8 Å². The van der Waals surface area contributed by atoms with Crippen molar-refractivity contribution in [1.82, 2.24) is 19.8 Å². The van der Waals surface area contributed by atoms with Crippen molar-refractivity contribution in [1.29, 1.82) is 0 Å². The summed E-state index contributed by atoms with van der Waals surface area (Å²) >= 11 is 0. The number of furan rings is 1. The van der Waals surface area contributed by atoms with E-state index in [0.29, 0.717) is 31.5 Å². The summed E-state index contributed by atoms with van der Waals surface area (Å²) in [6.07, 6.45) is 5.09. The number of nitrogens with zero attached hydrogens (tertiary/aromatic N) is 3. The van der Waals surface area contributed by atoms with Crippen LogP contribution in [0.3, 0.4) is 0 Å². The number of hydrogen-bond donors (Lipinski definition) is 1. The lowest BCUT2D eigenvalue weighted by Crippen LogP contribution is -2.41. The normalized spacial score (nSPS) is 13.0. The molecule has 3 aromatic rings. The van der Waals surface area contributed by atoms with Crippen LogP contribution in [0.2, 0.25) is 0 Å². The number of aromatic nitrogens is 2. The Kier molecular flexibility index (Phi) is 5.66. The molecule has 160 valence electrons. The zero-order chi connectivity index (χ0) is 22.0. The fraction of sp³-hybridized carbons (Fsp3) is 0.273. The smallest absolute Gasteiger partial charge is 0.272 e. The quantitative estimate of drug-likeness (QED) is 0.672. The molecule has 0 saturated heterocycles. The van der Waals surface area contributed by atoms with Crippen LogP contribution >= 0.6 is 0 Å². The van der Waals surface area contributed by atoms with Gasteiger partial charge in [0.2, 0.25) is 0 Å². The number of fused-ring (bicyclic) bond motifs is 1. The molecule has 1 aliphatic rings. The second kappa shape index (κ2) is 8.55. The van der Waals surface area contributed by atoms with Crippen LogP contribution in [0.5, 0.6) is 0 Å². The molecule has 9 heteroatoms. The van der Waals surface area contributed by atoms with Gasteiger partial charge in [-0.3, -0.25) is 14.4 Å². The number of halogens is 1. The predicted molar refractivity (Wildman–Crippen MR) is 109 cm³/mol. The summed E-state index contributed by atoms with van der Waals surface area (Å²) in [6, 6.07) is 6.12. The van der Waals surface area contributed by atoms with Gasteiger partial charge in [-0.15, -0.1) is 0 Å². The Labute approximate surface area is 177 Å². The first kappa shape index (κ1) is 20.5. The van der Waals surface area contributed by atoms with Gasteiger partial charge in [-0.2, -0.15) is 0 Å². The molecule has 1 N–H and O–H groups in total. The topological polar surface area (TPSA) is 97.4 Å². The van der Waals surface area contributed by atoms with Gasteiger partial charge in [0.05, 0.1) is 12.5 Å². The van der Waals surface area contributed by atoms with E-state index in [2.05, 4.69) is 10.3 Å². The molecule has 4 rings (SSSR count). The van der Waals surface area contributed by atoms with Crippen molar-refractivity contribution in [2.24, 2.45) is 7.05 Å². The van der Waals surface area contributed by atoms with Crippen molar-refractivity contribution in [2.75, 3.05) is 13.1 Å². The summed E-state index contributed by atoms with van der Waals surface area (Å²) in [5.74, 6) is -0.543. The highest BCUT2D eigenvalue weighted by Crippen LogP contribution is 2.22. The highest BCUT2D eigenvalue weighted by Gasteiger charge is 2.28. The van der Waals surface area contributed by atoms with Crippen molar-refractivity contribution in [2.45, 2.75) is 19.4 Å². The van der Waals surface area contributed by atoms with Crippen LogP contribution in [0.1, 0.15) is 37.7 Å². The highest BCUT2D eigenvalue weighted by molar-refractivity contribution is 5.96. The monoisotopic (exact) mass is 424 g/mol. The number of nitrogens with one attached hydrogen (secondary N) is 1. The minimum absolute atomic E-state index is 0.103. The standard InChI is InChI=1S/C22H21FN4O4/c1-26-12-14-13-27(21(29)18-5-4-15(23)11-25-18)9-7-17(14)19(22(26)30)20(28)24-8-6-16-3-2-10-31-16/h2-5,10-12H,6-9,13H2,1H3,(H,24,28). The van der Waals surface area contributed by atoms with Gasteiger partial charge >= 0.3 is 0 Å². The lowest BCUT2D eigenvalue weighted by atomic mass is 9.96. The van der Waals surface area contributed by atoms with E-state index in [-0.39, 0.29) is 29.3 Å². The molecule has 0 atom stereocenters. The van der Waals surface area contributed by atoms with E-state index in [1.54, 1.807) is 30.5 Å². The van der Waals surface area contributed by atoms with E-state index in [4.69, 9.17) is 4.42 Å². The third-order valence-corrected chi connectivity index (χ3v) is 5.26. The zero-order valence-electron chi connectivity index (χ0n) is 16.9. The lowest BCUT2D eigenvalue weighted by Gasteiger charge is -2.30. The summed E-state index contributed by atoms with van der Waals surface area (Å²) in [7, 11) is 1.57. The van der Waals surface area contributed by atoms with Gasteiger partial charge in [-0.1, -0.05) is 0 Å². The number of carbonyl (C=O) groups is 2. The summed E-state index contributed by atoms with van der Waals surface area (Å²) in [5.41, 5.74) is 1.24. The van der Waals surface area contributed by atoms with Crippen LogP contribution in [-0.2, 0) is 26.4 Å². The van der Waals surface area contributed by atoms with Gasteiger partial charge < -0.3 is 19.2 Å². The number of rotatable bonds is 5. The molecule has 8 nitrogen and oxygen atoms in total. The zero-order valence-corrected chi connectivity index (χ0v) is 16.9. The highest BCUT2D eigenvalue weighted by atomic mass is 19.1. The van der Waals surface area contributed by atoms with Crippen molar-refractivity contribution in [3.05, 3.63) is 87.2 Å². The summed E-state index contributed by atoms with van der Waals surface area (Å²) in [5, 5.41) is 2.78. The fourth-order valence-electron chi connectivity index (χ4n) is 3.70. The van der Waals surface area contributed by atoms with Crippen LogP contribution < -0.4 is 10.9 Å². The summed E-state index contributed by atoms with van der Waals surface area (Å²) in [6.45, 7) is 0.888. The average Bonchev–Trinajstić information content (AvgIpc) is 3.28. The van der Waals surface area contributed by atoms with Crippen LogP contribution in [-0.4, -0.2) is 39.4 Å². The molecule has 0 saturated carbocycles. The first-order valence-electron chi connectivity index (χ1n) is 9.87. The van der Waals surface area contributed by atoms with Crippen molar-refractivity contribution in [3.8, 4) is 0 Å². The third kappa shape index (κ3) is 4.25. The van der Waals surface area contributed by atoms with Crippen molar-refractivity contribution < 1.29 is 18.4 Å². The molecule has 0 aliphatic carbocycles. The molecule has 0 bridgehead atoms. The van der Waals surface area contributed by atoms with Crippen LogP contribution in [0, 0.1) is 5.82 Å². The van der Waals surface area contributed by atoms with E-state index < -0.39 is 11.7 Å². The Morgan fingerprint density at radius 2 is 2.13 bits per heavy atom. The van der Waals surface area contributed by atoms with E-state index >= 15 is 0 Å². The molecule has 1 aliphatic heterocycles. The molecule has 4 heterocycles. The van der Waals surface area contributed by atoms with E-state index in [1.807, 2.05) is 6.07 Å². The maximum absolute atomic E-state index is 13.1. The molecule has 0 radical (unpaired) electrons. The molecule has 0 unspecified atom stereocenters. The van der Waals surface area contributed by atoms with Crippen molar-refractivity contribution in [3.63, 3.8) is 0 Å². The van der Waals surface area contributed by atoms with Gasteiger partial charge in [0.15, 0.2) is 0 Å². The van der Waals surface area contributed by atoms with Crippen LogP contribution in [0.4, 0.5) is 4.39 Å². The predicted octanol–water partition coefficient (Wildman–Crippen LogP) is 1.68. The van der Waals surface area contributed by atoms with Crippen LogP contribution in [0.15, 0.2) is 52.1 Å². The fourth-order valence-corrected chi connectivity index (χ4v) is 3.70. The molecule has 3 aromatic heterocycles. The summed E-state index contributed by atoms with van der Waals surface area (Å²) in [4.78, 5) is 43.7. The number of amides is 2. The minimum atomic E-state index is -0.516. The Bertz CT molecular complexity index is 1170. The second-order valence-electron chi connectivity index (χ2n) is 7.35. The molecule has 0 fully saturated rings. The number of aryl methyl sites for hydroxylation is 1. The van der Waals surface area contributed by atoms with Gasteiger partial charge in [0, 0.05) is 39.3 Å². The lowest BCUT2D eigenvalue weighted by molar-refractivity contribution is 0.0728. The van der Waals surface area contributed by atoms with E-state index in [1.165, 1.54) is 16.7 Å². The average molecular weight is 424 g/mol. The third-order valence-electron chi connectivity index (χ3n) is 5.26. The molecular weight excluding hydrogens is 403 g/mol. The Morgan fingerprint density at radius 3 is 2.84 bits per heavy atom. The molecule has 0 aromatic carbocycles. The first-order valence-corrected chi connectivity index (χ1v) is 9.87. The Hall–Kier alpha value is -3.75. The van der Waals surface area contributed by atoms with Gasteiger partial charge in [0.25, 0.3) is 17.4 Å².